The normalized spacial score (nSPS) is 21.5. The van der Waals surface area contributed by atoms with E-state index in [-0.39, 0.29) is 12.1 Å². The Morgan fingerprint density at radius 2 is 2.05 bits per heavy atom. The third-order valence-electron chi connectivity index (χ3n) is 4.15. The molecular formula is C17H21N3O2. The number of nitrogens with zero attached hydrogens (tertiary/aromatic N) is 1. The Morgan fingerprint density at radius 1 is 1.23 bits per heavy atom. The van der Waals surface area contributed by atoms with Gasteiger partial charge >= 0.3 is 6.03 Å². The Hall–Kier alpha value is -2.14. The van der Waals surface area contributed by atoms with E-state index < -0.39 is 6.10 Å². The summed E-state index contributed by atoms with van der Waals surface area (Å²) in [5.41, 5.74) is 2.37. The molecule has 1 aliphatic carbocycles. The maximum absolute atomic E-state index is 12.2. The van der Waals surface area contributed by atoms with Gasteiger partial charge in [-0.2, -0.15) is 0 Å². The SMILES string of the molecule is Cc1ccc2cccc(NC(=O)NC3CCCCC3O)c2n1. The number of fused-ring (bicyclic) bond motifs is 1. The Balaban J connectivity index is 1.75. The second-order valence-corrected chi connectivity index (χ2v) is 5.89. The second-order valence-electron chi connectivity index (χ2n) is 5.89. The quantitative estimate of drug-likeness (QED) is 0.798. The standard InChI is InChI=1S/C17H21N3O2/c1-11-9-10-12-5-4-7-14(16(12)18-11)20-17(22)19-13-6-2-3-8-15(13)21/h4-5,7,9-10,13,15,21H,2-3,6,8H2,1H3,(H2,19,20,22). The summed E-state index contributed by atoms with van der Waals surface area (Å²) in [5, 5.41) is 16.6. The van der Waals surface area contributed by atoms with Crippen molar-refractivity contribution in [1.29, 1.82) is 0 Å². The van der Waals surface area contributed by atoms with Crippen molar-refractivity contribution in [1.82, 2.24) is 10.3 Å². The van der Waals surface area contributed by atoms with E-state index in [1.807, 2.05) is 37.3 Å². The summed E-state index contributed by atoms with van der Waals surface area (Å²) in [6.45, 7) is 1.93. The van der Waals surface area contributed by atoms with Crippen molar-refractivity contribution in [2.45, 2.75) is 44.8 Å². The molecule has 1 saturated carbocycles. The van der Waals surface area contributed by atoms with E-state index in [2.05, 4.69) is 15.6 Å². The zero-order valence-electron chi connectivity index (χ0n) is 12.7. The number of aromatic nitrogens is 1. The molecule has 0 bridgehead atoms. The second kappa shape index (κ2) is 6.32. The molecule has 2 unspecified atom stereocenters. The van der Waals surface area contributed by atoms with E-state index in [9.17, 15) is 9.90 Å². The van der Waals surface area contributed by atoms with Crippen molar-refractivity contribution in [3.8, 4) is 0 Å². The largest absolute Gasteiger partial charge is 0.391 e. The number of urea groups is 1. The van der Waals surface area contributed by atoms with Crippen LogP contribution in [0.5, 0.6) is 0 Å². The first kappa shape index (κ1) is 14.8. The average Bonchev–Trinajstić information content (AvgIpc) is 2.50. The van der Waals surface area contributed by atoms with Gasteiger partial charge in [-0.15, -0.1) is 0 Å². The predicted octanol–water partition coefficient (Wildman–Crippen LogP) is 2.97. The van der Waals surface area contributed by atoms with Crippen molar-refractivity contribution in [3.05, 3.63) is 36.0 Å². The molecule has 2 aromatic rings. The molecule has 5 nitrogen and oxygen atoms in total. The number of rotatable bonds is 2. The number of carbonyl (C=O) groups is 1. The number of aliphatic hydroxyl groups excluding tert-OH is 1. The van der Waals surface area contributed by atoms with Crippen molar-refractivity contribution in [3.63, 3.8) is 0 Å². The van der Waals surface area contributed by atoms with Crippen LogP contribution in [-0.2, 0) is 0 Å². The molecule has 1 heterocycles. The number of amides is 2. The molecule has 116 valence electrons. The third kappa shape index (κ3) is 3.20. The lowest BCUT2D eigenvalue weighted by atomic mass is 9.93. The van der Waals surface area contributed by atoms with Gasteiger partial charge in [-0.1, -0.05) is 31.0 Å². The molecule has 1 aliphatic rings. The van der Waals surface area contributed by atoms with Crippen LogP contribution in [0.25, 0.3) is 10.9 Å². The van der Waals surface area contributed by atoms with E-state index >= 15 is 0 Å². The number of nitrogens with one attached hydrogen (secondary N) is 2. The molecule has 0 saturated heterocycles. The number of hydrogen-bond acceptors (Lipinski definition) is 3. The van der Waals surface area contributed by atoms with Gasteiger partial charge in [0.05, 0.1) is 23.3 Å². The van der Waals surface area contributed by atoms with Gasteiger partial charge in [-0.05, 0) is 31.9 Å². The molecule has 2 amide bonds. The van der Waals surface area contributed by atoms with Gasteiger partial charge < -0.3 is 15.7 Å². The molecule has 2 atom stereocenters. The minimum Gasteiger partial charge on any atom is -0.391 e. The summed E-state index contributed by atoms with van der Waals surface area (Å²) in [4.78, 5) is 16.7. The van der Waals surface area contributed by atoms with Gasteiger partial charge in [0.1, 0.15) is 0 Å². The molecule has 0 spiro atoms. The van der Waals surface area contributed by atoms with Gasteiger partial charge in [0, 0.05) is 11.1 Å². The molecule has 1 fully saturated rings. The van der Waals surface area contributed by atoms with E-state index in [0.717, 1.165) is 42.3 Å². The minimum atomic E-state index is -0.451. The average molecular weight is 299 g/mol. The van der Waals surface area contributed by atoms with Crippen molar-refractivity contribution in [2.24, 2.45) is 0 Å². The van der Waals surface area contributed by atoms with E-state index in [1.165, 1.54) is 0 Å². The van der Waals surface area contributed by atoms with Crippen molar-refractivity contribution in [2.75, 3.05) is 5.32 Å². The summed E-state index contributed by atoms with van der Waals surface area (Å²) < 4.78 is 0. The highest BCUT2D eigenvalue weighted by molar-refractivity contribution is 5.99. The van der Waals surface area contributed by atoms with Gasteiger partial charge in [-0.3, -0.25) is 4.98 Å². The molecule has 3 N–H and O–H groups in total. The Kier molecular flexibility index (Phi) is 4.24. The number of para-hydroxylation sites is 1. The highest BCUT2D eigenvalue weighted by Crippen LogP contribution is 2.22. The number of aliphatic hydroxyl groups is 1. The third-order valence-corrected chi connectivity index (χ3v) is 4.15. The lowest BCUT2D eigenvalue weighted by molar-refractivity contribution is 0.0955. The summed E-state index contributed by atoms with van der Waals surface area (Å²) in [7, 11) is 0. The highest BCUT2D eigenvalue weighted by atomic mass is 16.3. The number of anilines is 1. The summed E-state index contributed by atoms with van der Waals surface area (Å²) in [6.07, 6.45) is 3.18. The monoisotopic (exact) mass is 299 g/mol. The zero-order chi connectivity index (χ0) is 15.5. The lowest BCUT2D eigenvalue weighted by Gasteiger charge is -2.28. The maximum atomic E-state index is 12.2. The molecule has 1 aromatic carbocycles. The molecule has 1 aromatic heterocycles. The Labute approximate surface area is 129 Å². The van der Waals surface area contributed by atoms with Crippen LogP contribution in [0.1, 0.15) is 31.4 Å². The molecular weight excluding hydrogens is 278 g/mol. The van der Waals surface area contributed by atoms with E-state index in [1.54, 1.807) is 0 Å². The first-order valence-corrected chi connectivity index (χ1v) is 7.75. The van der Waals surface area contributed by atoms with Crippen LogP contribution in [0.3, 0.4) is 0 Å². The predicted molar refractivity (Wildman–Crippen MR) is 86.9 cm³/mol. The fraction of sp³-hybridized carbons (Fsp3) is 0.412. The number of benzene rings is 1. The number of hydrogen-bond donors (Lipinski definition) is 3. The fourth-order valence-corrected chi connectivity index (χ4v) is 2.95. The van der Waals surface area contributed by atoms with Crippen LogP contribution in [0.15, 0.2) is 30.3 Å². The summed E-state index contributed by atoms with van der Waals surface area (Å²) in [6, 6.07) is 9.18. The fourth-order valence-electron chi connectivity index (χ4n) is 2.95. The highest BCUT2D eigenvalue weighted by Gasteiger charge is 2.24. The van der Waals surface area contributed by atoms with Gasteiger partial charge in [0.15, 0.2) is 0 Å². The van der Waals surface area contributed by atoms with Gasteiger partial charge in [0.25, 0.3) is 0 Å². The van der Waals surface area contributed by atoms with Gasteiger partial charge in [0.2, 0.25) is 0 Å². The van der Waals surface area contributed by atoms with E-state index in [0.29, 0.717) is 5.69 Å². The Morgan fingerprint density at radius 3 is 2.86 bits per heavy atom. The van der Waals surface area contributed by atoms with Crippen LogP contribution in [0.4, 0.5) is 10.5 Å². The van der Waals surface area contributed by atoms with Gasteiger partial charge in [-0.25, -0.2) is 4.79 Å². The van der Waals surface area contributed by atoms with Crippen LogP contribution in [-0.4, -0.2) is 28.3 Å². The molecule has 0 radical (unpaired) electrons. The lowest BCUT2D eigenvalue weighted by Crippen LogP contribution is -2.46. The summed E-state index contributed by atoms with van der Waals surface area (Å²) in [5.74, 6) is 0. The number of pyridine rings is 1. The van der Waals surface area contributed by atoms with Crippen LogP contribution in [0, 0.1) is 6.92 Å². The zero-order valence-corrected chi connectivity index (χ0v) is 12.7. The topological polar surface area (TPSA) is 74.2 Å². The molecule has 5 heteroatoms. The molecule has 0 aliphatic heterocycles. The van der Waals surface area contributed by atoms with Crippen LogP contribution >= 0.6 is 0 Å². The molecule has 22 heavy (non-hydrogen) atoms. The van der Waals surface area contributed by atoms with Crippen molar-refractivity contribution >= 4 is 22.6 Å². The first-order chi connectivity index (χ1) is 10.6. The van der Waals surface area contributed by atoms with Crippen molar-refractivity contribution < 1.29 is 9.90 Å². The van der Waals surface area contributed by atoms with Crippen LogP contribution < -0.4 is 10.6 Å². The number of carbonyl (C=O) groups excluding carboxylic acids is 1. The maximum Gasteiger partial charge on any atom is 0.319 e. The Bertz CT molecular complexity index is 687. The van der Waals surface area contributed by atoms with Crippen LogP contribution in [0.2, 0.25) is 0 Å². The minimum absolute atomic E-state index is 0.168. The number of aryl methyl sites for hydroxylation is 1. The summed E-state index contributed by atoms with van der Waals surface area (Å²) >= 11 is 0. The molecule has 3 rings (SSSR count). The first-order valence-electron chi connectivity index (χ1n) is 7.75. The van der Waals surface area contributed by atoms with E-state index in [4.69, 9.17) is 0 Å². The smallest absolute Gasteiger partial charge is 0.319 e.